The number of fused-ring (bicyclic) bond motifs is 1. The van der Waals surface area contributed by atoms with Gasteiger partial charge in [-0.3, -0.25) is 4.90 Å². The Morgan fingerprint density at radius 1 is 1.12 bits per heavy atom. The molecule has 1 unspecified atom stereocenters. The number of halogens is 2. The standard InChI is InChI=1S/C21H21BrFN/c22-19-5-3-4-15(10-19)14-24-9-2-1-6-21(24)18-11-16-7-8-20(23)13-17(16)12-18/h3-5,7-8,10,12-13,21H,1-2,6,9,11,14H2. The van der Waals surface area contributed by atoms with E-state index in [1.165, 1.54) is 36.0 Å². The lowest BCUT2D eigenvalue weighted by Crippen LogP contribution is -2.40. The molecule has 0 saturated carbocycles. The molecule has 0 spiro atoms. The smallest absolute Gasteiger partial charge is 0.123 e. The summed E-state index contributed by atoms with van der Waals surface area (Å²) in [7, 11) is 0. The molecule has 2 aliphatic rings. The lowest BCUT2D eigenvalue weighted by Gasteiger charge is -2.37. The zero-order chi connectivity index (χ0) is 16.5. The van der Waals surface area contributed by atoms with Gasteiger partial charge in [-0.25, -0.2) is 4.39 Å². The first-order valence-corrected chi connectivity index (χ1v) is 9.46. The summed E-state index contributed by atoms with van der Waals surface area (Å²) < 4.78 is 14.6. The van der Waals surface area contributed by atoms with Crippen LogP contribution in [0.1, 0.15) is 36.0 Å². The van der Waals surface area contributed by atoms with E-state index in [0.29, 0.717) is 6.04 Å². The summed E-state index contributed by atoms with van der Waals surface area (Å²) in [4.78, 5) is 2.60. The summed E-state index contributed by atoms with van der Waals surface area (Å²) in [6.07, 6.45) is 6.94. The Hall–Kier alpha value is -1.45. The van der Waals surface area contributed by atoms with Crippen LogP contribution in [0.3, 0.4) is 0 Å². The summed E-state index contributed by atoms with van der Waals surface area (Å²) >= 11 is 3.57. The molecule has 0 radical (unpaired) electrons. The number of hydrogen-bond acceptors (Lipinski definition) is 1. The highest BCUT2D eigenvalue weighted by Gasteiger charge is 2.28. The monoisotopic (exact) mass is 385 g/mol. The van der Waals surface area contributed by atoms with Crippen LogP contribution in [0.25, 0.3) is 6.08 Å². The average molecular weight is 386 g/mol. The van der Waals surface area contributed by atoms with Crippen molar-refractivity contribution < 1.29 is 4.39 Å². The van der Waals surface area contributed by atoms with E-state index < -0.39 is 0 Å². The number of piperidine rings is 1. The number of rotatable bonds is 3. The van der Waals surface area contributed by atoms with Crippen LogP contribution in [0, 0.1) is 5.82 Å². The van der Waals surface area contributed by atoms with Crippen molar-refractivity contribution in [3.05, 3.63) is 75.0 Å². The van der Waals surface area contributed by atoms with Crippen molar-refractivity contribution in [3.63, 3.8) is 0 Å². The van der Waals surface area contributed by atoms with Gasteiger partial charge in [0.15, 0.2) is 0 Å². The molecule has 1 heterocycles. The van der Waals surface area contributed by atoms with E-state index in [0.717, 1.165) is 29.5 Å². The predicted molar refractivity (Wildman–Crippen MR) is 100 cm³/mol. The molecule has 24 heavy (non-hydrogen) atoms. The summed E-state index contributed by atoms with van der Waals surface area (Å²) in [5, 5.41) is 0. The van der Waals surface area contributed by atoms with Gasteiger partial charge in [0.2, 0.25) is 0 Å². The zero-order valence-corrected chi connectivity index (χ0v) is 15.2. The Balaban J connectivity index is 1.56. The molecule has 124 valence electrons. The van der Waals surface area contributed by atoms with Gasteiger partial charge in [0.05, 0.1) is 0 Å². The Morgan fingerprint density at radius 2 is 2.04 bits per heavy atom. The lowest BCUT2D eigenvalue weighted by atomic mass is 9.93. The molecular weight excluding hydrogens is 365 g/mol. The summed E-state index contributed by atoms with van der Waals surface area (Å²) in [5.74, 6) is -0.138. The summed E-state index contributed by atoms with van der Waals surface area (Å²) in [5.41, 5.74) is 5.13. The fourth-order valence-electron chi connectivity index (χ4n) is 4.02. The van der Waals surface area contributed by atoms with Crippen LogP contribution in [0.2, 0.25) is 0 Å². The highest BCUT2D eigenvalue weighted by atomic mass is 79.9. The maximum atomic E-state index is 13.5. The molecule has 0 bridgehead atoms. The highest BCUT2D eigenvalue weighted by molar-refractivity contribution is 9.10. The van der Waals surface area contributed by atoms with E-state index in [1.807, 2.05) is 6.07 Å². The van der Waals surface area contributed by atoms with Crippen LogP contribution in [0.15, 0.2) is 52.5 Å². The zero-order valence-electron chi connectivity index (χ0n) is 13.6. The van der Waals surface area contributed by atoms with Gasteiger partial charge in [-0.2, -0.15) is 0 Å². The molecule has 1 atom stereocenters. The second-order valence-corrected chi connectivity index (χ2v) is 7.77. The number of benzene rings is 2. The van der Waals surface area contributed by atoms with Crippen molar-refractivity contribution in [2.24, 2.45) is 0 Å². The molecule has 1 aliphatic carbocycles. The Bertz CT molecular complexity index is 783. The van der Waals surface area contributed by atoms with Crippen LogP contribution in [-0.2, 0) is 13.0 Å². The average Bonchev–Trinajstić information content (AvgIpc) is 2.98. The number of nitrogens with zero attached hydrogens (tertiary/aromatic N) is 1. The van der Waals surface area contributed by atoms with Crippen molar-refractivity contribution in [1.82, 2.24) is 4.90 Å². The SMILES string of the molecule is Fc1ccc2c(c1)C=C(C1CCCCN1Cc1cccc(Br)c1)C2. The first-order chi connectivity index (χ1) is 11.7. The van der Waals surface area contributed by atoms with Crippen LogP contribution in [0.4, 0.5) is 4.39 Å². The second kappa shape index (κ2) is 6.81. The molecule has 0 amide bonds. The molecule has 0 aromatic heterocycles. The fraction of sp³-hybridized carbons (Fsp3) is 0.333. The van der Waals surface area contributed by atoms with Crippen LogP contribution >= 0.6 is 15.9 Å². The Labute approximate surface area is 151 Å². The maximum absolute atomic E-state index is 13.5. The van der Waals surface area contributed by atoms with Gasteiger partial charge >= 0.3 is 0 Å². The minimum Gasteiger partial charge on any atom is -0.292 e. The first-order valence-electron chi connectivity index (χ1n) is 8.66. The minimum absolute atomic E-state index is 0.138. The van der Waals surface area contributed by atoms with Crippen LogP contribution in [0.5, 0.6) is 0 Å². The molecule has 0 N–H and O–H groups in total. The van der Waals surface area contributed by atoms with Crippen molar-refractivity contribution >= 4 is 22.0 Å². The van der Waals surface area contributed by atoms with Gasteiger partial charge in [-0.05, 0) is 72.3 Å². The third-order valence-corrected chi connectivity index (χ3v) is 5.65. The van der Waals surface area contributed by atoms with Gasteiger partial charge in [0.1, 0.15) is 5.82 Å². The number of likely N-dealkylation sites (tertiary alicyclic amines) is 1. The van der Waals surface area contributed by atoms with Gasteiger partial charge < -0.3 is 0 Å². The number of hydrogen-bond donors (Lipinski definition) is 0. The fourth-order valence-corrected chi connectivity index (χ4v) is 4.46. The van der Waals surface area contributed by atoms with E-state index in [4.69, 9.17) is 0 Å². The Morgan fingerprint density at radius 3 is 2.92 bits per heavy atom. The second-order valence-electron chi connectivity index (χ2n) is 6.85. The molecule has 1 fully saturated rings. The molecule has 1 saturated heterocycles. The van der Waals surface area contributed by atoms with E-state index in [2.05, 4.69) is 51.2 Å². The van der Waals surface area contributed by atoms with E-state index >= 15 is 0 Å². The first kappa shape index (κ1) is 16.0. The molecule has 4 rings (SSSR count). The summed E-state index contributed by atoms with van der Waals surface area (Å²) in [6, 6.07) is 14.2. The van der Waals surface area contributed by atoms with Gasteiger partial charge in [-0.1, -0.05) is 46.6 Å². The minimum atomic E-state index is -0.138. The van der Waals surface area contributed by atoms with Gasteiger partial charge in [0.25, 0.3) is 0 Å². The third-order valence-electron chi connectivity index (χ3n) is 5.16. The molecule has 3 heteroatoms. The maximum Gasteiger partial charge on any atom is 0.123 e. The van der Waals surface area contributed by atoms with E-state index in [-0.39, 0.29) is 5.82 Å². The molecule has 1 aliphatic heterocycles. The van der Waals surface area contributed by atoms with E-state index in [1.54, 1.807) is 12.1 Å². The van der Waals surface area contributed by atoms with Crippen molar-refractivity contribution in [2.45, 2.75) is 38.3 Å². The van der Waals surface area contributed by atoms with Crippen LogP contribution < -0.4 is 0 Å². The molecule has 2 aromatic carbocycles. The lowest BCUT2D eigenvalue weighted by molar-refractivity contribution is 0.163. The normalized spacial score (nSPS) is 20.8. The Kier molecular flexibility index (Phi) is 4.55. The van der Waals surface area contributed by atoms with E-state index in [9.17, 15) is 4.39 Å². The largest absolute Gasteiger partial charge is 0.292 e. The van der Waals surface area contributed by atoms with Crippen molar-refractivity contribution in [3.8, 4) is 0 Å². The predicted octanol–water partition coefficient (Wildman–Crippen LogP) is 5.58. The van der Waals surface area contributed by atoms with Crippen molar-refractivity contribution in [2.75, 3.05) is 6.54 Å². The molecular formula is C21H21BrFN. The highest BCUT2D eigenvalue weighted by Crippen LogP contribution is 2.34. The third kappa shape index (κ3) is 3.33. The molecule has 2 aromatic rings. The topological polar surface area (TPSA) is 3.24 Å². The van der Waals surface area contributed by atoms with Crippen molar-refractivity contribution in [1.29, 1.82) is 0 Å². The van der Waals surface area contributed by atoms with Gasteiger partial charge in [-0.15, -0.1) is 0 Å². The molecule has 1 nitrogen and oxygen atoms in total. The van der Waals surface area contributed by atoms with Gasteiger partial charge in [0, 0.05) is 17.1 Å². The summed E-state index contributed by atoms with van der Waals surface area (Å²) in [6.45, 7) is 2.12. The van der Waals surface area contributed by atoms with Crippen LogP contribution in [-0.4, -0.2) is 17.5 Å². The quantitative estimate of drug-likeness (QED) is 0.666.